The fourth-order valence-electron chi connectivity index (χ4n) is 4.02. The number of para-hydroxylation sites is 1. The number of aryl methyl sites for hydroxylation is 2. The lowest BCUT2D eigenvalue weighted by atomic mass is 9.97. The zero-order valence-electron chi connectivity index (χ0n) is 17.0. The molecule has 1 aliphatic heterocycles. The molecule has 1 amide bonds. The van der Waals surface area contributed by atoms with Crippen molar-refractivity contribution in [2.45, 2.75) is 45.4 Å². The number of carbonyl (C=O) groups excluding carboxylic acids is 2. The Morgan fingerprint density at radius 2 is 1.97 bits per heavy atom. The number of hydrogen-bond donors (Lipinski definition) is 0. The van der Waals surface area contributed by atoms with Gasteiger partial charge < -0.3 is 4.90 Å². The topological polar surface area (TPSA) is 50.3 Å². The second-order valence-corrected chi connectivity index (χ2v) is 9.00. The molecule has 5 heteroatoms. The van der Waals surface area contributed by atoms with Gasteiger partial charge in [0.15, 0.2) is 5.78 Å². The van der Waals surface area contributed by atoms with E-state index < -0.39 is 0 Å². The van der Waals surface area contributed by atoms with Gasteiger partial charge in [-0.05, 0) is 50.5 Å². The molecule has 1 atom stereocenters. The van der Waals surface area contributed by atoms with Crippen LogP contribution < -0.4 is 0 Å². The maximum atomic E-state index is 12.8. The Morgan fingerprint density at radius 1 is 1.14 bits per heavy atom. The maximum absolute atomic E-state index is 12.8. The Kier molecular flexibility index (Phi) is 5.76. The molecule has 0 saturated carbocycles. The Balaban J connectivity index is 1.38. The Hall–Kier alpha value is -2.53. The summed E-state index contributed by atoms with van der Waals surface area (Å²) in [6, 6.07) is 14.1. The van der Waals surface area contributed by atoms with E-state index in [0.717, 1.165) is 46.6 Å². The number of nitrogens with zero attached hydrogens (tertiary/aromatic N) is 2. The summed E-state index contributed by atoms with van der Waals surface area (Å²) in [7, 11) is 0. The highest BCUT2D eigenvalue weighted by molar-refractivity contribution is 7.18. The maximum Gasteiger partial charge on any atom is 0.223 e. The van der Waals surface area contributed by atoms with E-state index in [0.29, 0.717) is 12.5 Å². The fraction of sp³-hybridized carbons (Fsp3) is 0.375. The van der Waals surface area contributed by atoms with Crippen LogP contribution in [0.3, 0.4) is 0 Å². The van der Waals surface area contributed by atoms with E-state index in [1.807, 2.05) is 55.1 Å². The van der Waals surface area contributed by atoms with E-state index in [9.17, 15) is 9.59 Å². The van der Waals surface area contributed by atoms with Gasteiger partial charge in [0, 0.05) is 37.4 Å². The molecule has 1 saturated heterocycles. The van der Waals surface area contributed by atoms with E-state index in [-0.39, 0.29) is 24.5 Å². The van der Waals surface area contributed by atoms with Gasteiger partial charge in [0.25, 0.3) is 0 Å². The first-order valence-corrected chi connectivity index (χ1v) is 11.1. The molecule has 0 radical (unpaired) electrons. The minimum Gasteiger partial charge on any atom is -0.342 e. The lowest BCUT2D eigenvalue weighted by molar-refractivity contribution is -0.132. The van der Waals surface area contributed by atoms with Crippen LogP contribution in [0.1, 0.15) is 58.1 Å². The van der Waals surface area contributed by atoms with Crippen LogP contribution >= 0.6 is 11.3 Å². The van der Waals surface area contributed by atoms with E-state index in [4.69, 9.17) is 4.98 Å². The van der Waals surface area contributed by atoms with Gasteiger partial charge >= 0.3 is 0 Å². The zero-order valence-corrected chi connectivity index (χ0v) is 17.8. The number of benzene rings is 2. The van der Waals surface area contributed by atoms with E-state index in [1.165, 1.54) is 4.70 Å². The summed E-state index contributed by atoms with van der Waals surface area (Å²) in [5, 5.41) is 1.12. The van der Waals surface area contributed by atoms with Crippen LogP contribution in [-0.4, -0.2) is 34.7 Å². The van der Waals surface area contributed by atoms with Crippen molar-refractivity contribution in [3.8, 4) is 0 Å². The first-order valence-electron chi connectivity index (χ1n) is 10.2. The van der Waals surface area contributed by atoms with E-state index >= 15 is 0 Å². The van der Waals surface area contributed by atoms with E-state index in [2.05, 4.69) is 6.07 Å². The molecule has 4 rings (SSSR count). The molecular formula is C24H26N2O2S. The van der Waals surface area contributed by atoms with Crippen molar-refractivity contribution in [3.63, 3.8) is 0 Å². The molecule has 2 heterocycles. The molecule has 1 fully saturated rings. The van der Waals surface area contributed by atoms with Crippen LogP contribution in [0, 0.1) is 13.8 Å². The van der Waals surface area contributed by atoms with Crippen LogP contribution in [0.25, 0.3) is 10.2 Å². The normalized spacial score (nSPS) is 16.9. The molecule has 4 nitrogen and oxygen atoms in total. The fourth-order valence-corrected chi connectivity index (χ4v) is 5.11. The predicted molar refractivity (Wildman–Crippen MR) is 118 cm³/mol. The molecule has 0 aliphatic carbocycles. The molecule has 0 spiro atoms. The Morgan fingerprint density at radius 3 is 2.79 bits per heavy atom. The lowest BCUT2D eigenvalue weighted by Gasteiger charge is -2.32. The number of Topliss-reactive ketones (excluding diaryl/α,β-unsaturated/α-hetero) is 1. The smallest absolute Gasteiger partial charge is 0.223 e. The number of aromatic nitrogens is 1. The van der Waals surface area contributed by atoms with Crippen LogP contribution in [0.2, 0.25) is 0 Å². The second kappa shape index (κ2) is 8.46. The van der Waals surface area contributed by atoms with Crippen molar-refractivity contribution in [3.05, 3.63) is 64.2 Å². The molecule has 3 aromatic rings. The number of likely N-dealkylation sites (tertiary alicyclic amines) is 1. The minimum absolute atomic E-state index is 0.0549. The zero-order chi connectivity index (χ0) is 20.4. The van der Waals surface area contributed by atoms with Crippen LogP contribution in [-0.2, 0) is 4.79 Å². The average Bonchev–Trinajstić information content (AvgIpc) is 3.18. The van der Waals surface area contributed by atoms with E-state index in [1.54, 1.807) is 11.3 Å². The third kappa shape index (κ3) is 4.40. The van der Waals surface area contributed by atoms with Gasteiger partial charge in [-0.25, -0.2) is 4.98 Å². The summed E-state index contributed by atoms with van der Waals surface area (Å²) in [5.74, 6) is 0.425. The van der Waals surface area contributed by atoms with Crippen LogP contribution in [0.5, 0.6) is 0 Å². The predicted octanol–water partition coefficient (Wildman–Crippen LogP) is 5.28. The molecule has 0 bridgehead atoms. The quantitative estimate of drug-likeness (QED) is 0.542. The third-order valence-corrected chi connectivity index (χ3v) is 6.89. The Labute approximate surface area is 175 Å². The van der Waals surface area contributed by atoms with Crippen LogP contribution in [0.4, 0.5) is 0 Å². The summed E-state index contributed by atoms with van der Waals surface area (Å²) in [4.78, 5) is 32.1. The Bertz CT molecular complexity index is 1020. The van der Waals surface area contributed by atoms with Gasteiger partial charge in [-0.1, -0.05) is 29.8 Å². The molecule has 0 N–H and O–H groups in total. The number of ketones is 1. The van der Waals surface area contributed by atoms with Crippen LogP contribution in [0.15, 0.2) is 42.5 Å². The first-order chi connectivity index (χ1) is 14.0. The monoisotopic (exact) mass is 406 g/mol. The van der Waals surface area contributed by atoms with Gasteiger partial charge in [0.05, 0.1) is 15.2 Å². The third-order valence-electron chi connectivity index (χ3n) is 5.69. The average molecular weight is 407 g/mol. The molecule has 1 aromatic heterocycles. The van der Waals surface area contributed by atoms with Gasteiger partial charge in [-0.3, -0.25) is 9.59 Å². The van der Waals surface area contributed by atoms with Gasteiger partial charge in [-0.15, -0.1) is 11.3 Å². The largest absolute Gasteiger partial charge is 0.342 e. The second-order valence-electron chi connectivity index (χ2n) is 7.94. The summed E-state index contributed by atoms with van der Waals surface area (Å²) >= 11 is 1.73. The molecule has 2 aromatic carbocycles. The SMILES string of the molecule is Cc1ccc(C)c(C(=O)CCC(=O)N2CCC[C@H](c3nc4ccccc4s3)C2)c1. The van der Waals surface area contributed by atoms with Crippen molar-refractivity contribution < 1.29 is 9.59 Å². The molecule has 1 aliphatic rings. The van der Waals surface area contributed by atoms with Gasteiger partial charge in [0.2, 0.25) is 5.91 Å². The van der Waals surface area contributed by atoms with Crippen molar-refractivity contribution in [1.82, 2.24) is 9.88 Å². The van der Waals surface area contributed by atoms with Crippen molar-refractivity contribution >= 4 is 33.2 Å². The highest BCUT2D eigenvalue weighted by Crippen LogP contribution is 2.33. The summed E-state index contributed by atoms with van der Waals surface area (Å²) in [6.07, 6.45) is 2.59. The summed E-state index contributed by atoms with van der Waals surface area (Å²) in [5.41, 5.74) is 3.82. The minimum atomic E-state index is 0.0549. The van der Waals surface area contributed by atoms with Gasteiger partial charge in [-0.2, -0.15) is 0 Å². The highest BCUT2D eigenvalue weighted by Gasteiger charge is 2.27. The van der Waals surface area contributed by atoms with Gasteiger partial charge in [0.1, 0.15) is 0 Å². The molecule has 0 unspecified atom stereocenters. The highest BCUT2D eigenvalue weighted by atomic mass is 32.1. The number of rotatable bonds is 5. The standard InChI is InChI=1S/C24H26N2O2S/c1-16-9-10-17(2)19(14-16)21(27)11-12-23(28)26-13-5-6-18(15-26)24-25-20-7-3-4-8-22(20)29-24/h3-4,7-10,14,18H,5-6,11-13,15H2,1-2H3/t18-/m0/s1. The first kappa shape index (κ1) is 19.8. The molecule has 29 heavy (non-hydrogen) atoms. The number of fused-ring (bicyclic) bond motifs is 1. The number of thiazole rings is 1. The number of amides is 1. The summed E-state index contributed by atoms with van der Waals surface area (Å²) < 4.78 is 1.20. The van der Waals surface area contributed by atoms with Crippen molar-refractivity contribution in [2.24, 2.45) is 0 Å². The summed E-state index contributed by atoms with van der Waals surface area (Å²) in [6.45, 7) is 5.41. The van der Waals surface area contributed by atoms with Crippen molar-refractivity contribution in [1.29, 1.82) is 0 Å². The number of hydrogen-bond acceptors (Lipinski definition) is 4. The number of carbonyl (C=O) groups is 2. The lowest BCUT2D eigenvalue weighted by Crippen LogP contribution is -2.39. The molecular weight excluding hydrogens is 380 g/mol. The molecule has 150 valence electrons. The number of piperidine rings is 1. The van der Waals surface area contributed by atoms with Crippen molar-refractivity contribution in [2.75, 3.05) is 13.1 Å².